The van der Waals surface area contributed by atoms with E-state index < -0.39 is 0 Å². The van der Waals surface area contributed by atoms with E-state index in [9.17, 15) is 4.79 Å². The highest BCUT2D eigenvalue weighted by atomic mass is 32.2. The van der Waals surface area contributed by atoms with E-state index in [1.54, 1.807) is 6.33 Å². The van der Waals surface area contributed by atoms with E-state index in [1.807, 2.05) is 9.47 Å². The number of nitrogens with zero attached hydrogens (tertiary/aromatic N) is 4. The summed E-state index contributed by atoms with van der Waals surface area (Å²) in [6.45, 7) is 6.15. The second-order valence-corrected chi connectivity index (χ2v) is 7.40. The molecule has 5 nitrogen and oxygen atoms in total. The normalized spacial score (nSPS) is 15.0. The Bertz CT molecular complexity index is 675. The van der Waals surface area contributed by atoms with Crippen LogP contribution in [0.3, 0.4) is 0 Å². The van der Waals surface area contributed by atoms with Crippen LogP contribution < -0.4 is 0 Å². The van der Waals surface area contributed by atoms with Crippen molar-refractivity contribution in [2.45, 2.75) is 44.2 Å². The van der Waals surface area contributed by atoms with Crippen molar-refractivity contribution in [2.24, 2.45) is 0 Å². The predicted molar refractivity (Wildman–Crippen MR) is 96.6 cm³/mol. The average molecular weight is 344 g/mol. The van der Waals surface area contributed by atoms with Gasteiger partial charge in [0.25, 0.3) is 0 Å². The van der Waals surface area contributed by atoms with Gasteiger partial charge in [-0.15, -0.1) is 10.2 Å². The molecule has 1 aromatic heterocycles. The lowest BCUT2D eigenvalue weighted by Crippen LogP contribution is -2.36. The molecular weight excluding hydrogens is 320 g/mol. The number of thioether (sulfide) groups is 1. The molecule has 0 radical (unpaired) electrons. The molecule has 1 aliphatic heterocycles. The van der Waals surface area contributed by atoms with Crippen LogP contribution in [0, 0.1) is 0 Å². The minimum absolute atomic E-state index is 0.199. The lowest BCUT2D eigenvalue weighted by molar-refractivity contribution is -0.129. The Labute approximate surface area is 147 Å². The van der Waals surface area contributed by atoms with Crippen LogP contribution >= 0.6 is 11.8 Å². The molecule has 2 heterocycles. The summed E-state index contributed by atoms with van der Waals surface area (Å²) in [6, 6.07) is 8.42. The Balaban J connectivity index is 1.65. The molecule has 1 aromatic carbocycles. The van der Waals surface area contributed by atoms with Crippen LogP contribution in [-0.4, -0.2) is 44.4 Å². The summed E-state index contributed by atoms with van der Waals surface area (Å²) in [4.78, 5) is 14.3. The molecule has 0 bridgehead atoms. The van der Waals surface area contributed by atoms with Crippen molar-refractivity contribution < 1.29 is 4.79 Å². The zero-order valence-corrected chi connectivity index (χ0v) is 15.1. The van der Waals surface area contributed by atoms with Crippen molar-refractivity contribution in [1.29, 1.82) is 0 Å². The van der Waals surface area contributed by atoms with E-state index in [-0.39, 0.29) is 5.91 Å². The summed E-state index contributed by atoms with van der Waals surface area (Å²) in [6.07, 6.45) is 5.18. The van der Waals surface area contributed by atoms with E-state index in [0.717, 1.165) is 36.8 Å². The highest BCUT2D eigenvalue weighted by Crippen LogP contribution is 2.22. The maximum atomic E-state index is 12.3. The molecule has 0 spiro atoms. The quantitative estimate of drug-likeness (QED) is 0.779. The van der Waals surface area contributed by atoms with Crippen molar-refractivity contribution >= 4 is 17.7 Å². The van der Waals surface area contributed by atoms with Gasteiger partial charge < -0.3 is 4.90 Å². The number of carbonyl (C=O) groups excluding carboxylic acids is 1. The molecule has 0 atom stereocenters. The first-order valence-corrected chi connectivity index (χ1v) is 9.54. The molecule has 3 rings (SSSR count). The third-order valence-electron chi connectivity index (χ3n) is 4.39. The molecule has 0 saturated carbocycles. The van der Waals surface area contributed by atoms with Crippen LogP contribution in [0.15, 0.2) is 35.7 Å². The molecule has 1 amide bonds. The smallest absolute Gasteiger partial charge is 0.233 e. The highest BCUT2D eigenvalue weighted by Gasteiger charge is 2.18. The lowest BCUT2D eigenvalue weighted by atomic mass is 10.0. The van der Waals surface area contributed by atoms with Gasteiger partial charge in [-0.2, -0.15) is 0 Å². The van der Waals surface area contributed by atoms with Gasteiger partial charge in [0.05, 0.1) is 5.75 Å². The third kappa shape index (κ3) is 3.98. The number of carbonyl (C=O) groups is 1. The molecule has 128 valence electrons. The Kier molecular flexibility index (Phi) is 5.56. The van der Waals surface area contributed by atoms with Crippen molar-refractivity contribution in [2.75, 3.05) is 18.8 Å². The Morgan fingerprint density at radius 1 is 1.17 bits per heavy atom. The van der Waals surface area contributed by atoms with E-state index in [2.05, 4.69) is 48.3 Å². The van der Waals surface area contributed by atoms with E-state index >= 15 is 0 Å². The highest BCUT2D eigenvalue weighted by molar-refractivity contribution is 7.99. The maximum absolute atomic E-state index is 12.3. The van der Waals surface area contributed by atoms with Crippen molar-refractivity contribution in [3.8, 4) is 5.69 Å². The number of aromatic nitrogens is 3. The van der Waals surface area contributed by atoms with Gasteiger partial charge >= 0.3 is 0 Å². The fraction of sp³-hybridized carbons (Fsp3) is 0.500. The summed E-state index contributed by atoms with van der Waals surface area (Å²) in [7, 11) is 0. The molecule has 2 aromatic rings. The van der Waals surface area contributed by atoms with Crippen LogP contribution in [0.25, 0.3) is 5.69 Å². The molecule has 1 fully saturated rings. The fourth-order valence-electron chi connectivity index (χ4n) is 2.88. The number of amides is 1. The maximum Gasteiger partial charge on any atom is 0.233 e. The SMILES string of the molecule is CC(C)c1ccc(-n2cnnc2SCC(=O)N2CCCCC2)cc1. The van der Waals surface area contributed by atoms with Crippen LogP contribution in [-0.2, 0) is 4.79 Å². The first-order valence-electron chi connectivity index (χ1n) is 8.56. The van der Waals surface area contributed by atoms with Crippen LogP contribution in [0.2, 0.25) is 0 Å². The summed E-state index contributed by atoms with van der Waals surface area (Å²) < 4.78 is 1.94. The molecule has 1 saturated heterocycles. The molecule has 6 heteroatoms. The minimum atomic E-state index is 0.199. The van der Waals surface area contributed by atoms with Crippen LogP contribution in [0.4, 0.5) is 0 Å². The summed E-state index contributed by atoms with van der Waals surface area (Å²) >= 11 is 1.46. The van der Waals surface area contributed by atoms with Crippen LogP contribution in [0.1, 0.15) is 44.6 Å². The van der Waals surface area contributed by atoms with Gasteiger partial charge in [0, 0.05) is 18.8 Å². The van der Waals surface area contributed by atoms with E-state index in [0.29, 0.717) is 11.7 Å². The number of hydrogen-bond donors (Lipinski definition) is 0. The molecule has 0 unspecified atom stereocenters. The fourth-order valence-corrected chi connectivity index (χ4v) is 3.71. The Morgan fingerprint density at radius 3 is 2.54 bits per heavy atom. The molecule has 24 heavy (non-hydrogen) atoms. The third-order valence-corrected chi connectivity index (χ3v) is 5.32. The number of rotatable bonds is 5. The Hall–Kier alpha value is -1.82. The lowest BCUT2D eigenvalue weighted by Gasteiger charge is -2.26. The molecular formula is C18H24N4OS. The van der Waals surface area contributed by atoms with E-state index in [1.165, 1.54) is 23.7 Å². The zero-order chi connectivity index (χ0) is 16.9. The molecule has 0 aliphatic carbocycles. The van der Waals surface area contributed by atoms with Crippen molar-refractivity contribution in [1.82, 2.24) is 19.7 Å². The standard InChI is InChI=1S/C18H24N4OS/c1-14(2)15-6-8-16(9-7-15)22-13-19-20-18(22)24-12-17(23)21-10-4-3-5-11-21/h6-9,13-14H,3-5,10-12H2,1-2H3. The van der Waals surface area contributed by atoms with Gasteiger partial charge in [-0.1, -0.05) is 37.7 Å². The van der Waals surface area contributed by atoms with Crippen LogP contribution in [0.5, 0.6) is 0 Å². The topological polar surface area (TPSA) is 51.0 Å². The van der Waals surface area contributed by atoms with Gasteiger partial charge in [0.2, 0.25) is 5.91 Å². The summed E-state index contributed by atoms with van der Waals surface area (Å²) in [5, 5.41) is 8.95. The largest absolute Gasteiger partial charge is 0.342 e. The number of likely N-dealkylation sites (tertiary alicyclic amines) is 1. The summed E-state index contributed by atoms with van der Waals surface area (Å²) in [5.74, 6) is 1.13. The molecule has 1 aliphatic rings. The predicted octanol–water partition coefficient (Wildman–Crippen LogP) is 3.50. The van der Waals surface area contributed by atoms with Gasteiger partial charge in [-0.05, 0) is 42.9 Å². The average Bonchev–Trinajstić information content (AvgIpc) is 3.09. The Morgan fingerprint density at radius 2 is 1.88 bits per heavy atom. The number of hydrogen-bond acceptors (Lipinski definition) is 4. The van der Waals surface area contributed by atoms with Gasteiger partial charge in [0.1, 0.15) is 6.33 Å². The first-order chi connectivity index (χ1) is 11.6. The number of piperidine rings is 1. The zero-order valence-electron chi connectivity index (χ0n) is 14.3. The van der Waals surface area contributed by atoms with Gasteiger partial charge in [-0.3, -0.25) is 9.36 Å². The molecule has 0 N–H and O–H groups in total. The van der Waals surface area contributed by atoms with Gasteiger partial charge in [-0.25, -0.2) is 0 Å². The second-order valence-electron chi connectivity index (χ2n) is 6.46. The minimum Gasteiger partial charge on any atom is -0.342 e. The summed E-state index contributed by atoms with van der Waals surface area (Å²) in [5.41, 5.74) is 2.33. The van der Waals surface area contributed by atoms with Crippen molar-refractivity contribution in [3.05, 3.63) is 36.2 Å². The van der Waals surface area contributed by atoms with Crippen molar-refractivity contribution in [3.63, 3.8) is 0 Å². The van der Waals surface area contributed by atoms with Gasteiger partial charge in [0.15, 0.2) is 5.16 Å². The monoisotopic (exact) mass is 344 g/mol. The second kappa shape index (κ2) is 7.83. The first kappa shape index (κ1) is 17.0. The van der Waals surface area contributed by atoms with E-state index in [4.69, 9.17) is 0 Å². The number of benzene rings is 1.